The van der Waals surface area contributed by atoms with Crippen LogP contribution in [0.5, 0.6) is 11.6 Å². The van der Waals surface area contributed by atoms with Crippen molar-refractivity contribution < 1.29 is 9.53 Å². The Hall–Kier alpha value is -3.47. The Balaban J connectivity index is 1.59. The smallest absolute Gasteiger partial charge is 0.248 e. The lowest BCUT2D eigenvalue weighted by Crippen LogP contribution is -2.07. The highest BCUT2D eigenvalue weighted by molar-refractivity contribution is 6.01. The molecule has 26 heavy (non-hydrogen) atoms. The van der Waals surface area contributed by atoms with Crippen LogP contribution in [-0.4, -0.2) is 15.9 Å². The molecule has 5 nitrogen and oxygen atoms in total. The number of aromatic nitrogens is 2. The number of hydrogen-bond donors (Lipinski definition) is 1. The second-order valence-electron chi connectivity index (χ2n) is 5.84. The molecule has 0 spiro atoms. The quantitative estimate of drug-likeness (QED) is 0.690. The van der Waals surface area contributed by atoms with E-state index in [2.05, 4.69) is 22.2 Å². The molecule has 3 aromatic rings. The lowest BCUT2D eigenvalue weighted by molar-refractivity contribution is -0.111. The van der Waals surface area contributed by atoms with Gasteiger partial charge in [0.25, 0.3) is 0 Å². The van der Waals surface area contributed by atoms with Crippen molar-refractivity contribution in [1.82, 2.24) is 9.97 Å². The maximum absolute atomic E-state index is 12.0. The maximum atomic E-state index is 12.0. The van der Waals surface area contributed by atoms with Crippen molar-refractivity contribution >= 4 is 17.7 Å². The maximum Gasteiger partial charge on any atom is 0.248 e. The second kappa shape index (κ2) is 8.07. The number of carbonyl (C=O) groups is 1. The number of amides is 1. The molecule has 0 bridgehead atoms. The SMILES string of the molecule is Cc1ccc(Oc2ccc(NC(=O)C=Cc3ccncc3)cn2)cc1C. The third-order valence-electron chi connectivity index (χ3n) is 3.84. The first-order chi connectivity index (χ1) is 12.6. The van der Waals surface area contributed by atoms with Crippen molar-refractivity contribution in [2.75, 3.05) is 5.32 Å². The third-order valence-corrected chi connectivity index (χ3v) is 3.84. The molecule has 0 saturated carbocycles. The van der Waals surface area contributed by atoms with E-state index in [1.165, 1.54) is 11.6 Å². The Morgan fingerprint density at radius 3 is 2.54 bits per heavy atom. The molecule has 3 rings (SSSR count). The van der Waals surface area contributed by atoms with Crippen LogP contribution in [0.4, 0.5) is 5.69 Å². The summed E-state index contributed by atoms with van der Waals surface area (Å²) in [6.45, 7) is 4.09. The van der Waals surface area contributed by atoms with E-state index in [1.54, 1.807) is 36.8 Å². The summed E-state index contributed by atoms with van der Waals surface area (Å²) < 4.78 is 5.74. The molecule has 0 atom stereocenters. The molecule has 0 aliphatic heterocycles. The average molecular weight is 345 g/mol. The van der Waals surface area contributed by atoms with Gasteiger partial charge < -0.3 is 10.1 Å². The minimum atomic E-state index is -0.230. The van der Waals surface area contributed by atoms with Gasteiger partial charge in [0.1, 0.15) is 5.75 Å². The number of pyridine rings is 2. The van der Waals surface area contributed by atoms with Crippen molar-refractivity contribution in [2.24, 2.45) is 0 Å². The van der Waals surface area contributed by atoms with E-state index in [0.717, 1.165) is 16.9 Å². The summed E-state index contributed by atoms with van der Waals surface area (Å²) in [6, 6.07) is 13.0. The van der Waals surface area contributed by atoms with Gasteiger partial charge >= 0.3 is 0 Å². The molecule has 1 amide bonds. The monoisotopic (exact) mass is 345 g/mol. The molecular weight excluding hydrogens is 326 g/mol. The topological polar surface area (TPSA) is 64.1 Å². The van der Waals surface area contributed by atoms with Crippen LogP contribution < -0.4 is 10.1 Å². The van der Waals surface area contributed by atoms with Gasteiger partial charge in [0, 0.05) is 24.5 Å². The van der Waals surface area contributed by atoms with Gasteiger partial charge in [-0.25, -0.2) is 4.98 Å². The molecule has 5 heteroatoms. The molecule has 0 aliphatic rings. The average Bonchev–Trinajstić information content (AvgIpc) is 2.65. The molecule has 1 N–H and O–H groups in total. The van der Waals surface area contributed by atoms with E-state index < -0.39 is 0 Å². The number of benzene rings is 1. The van der Waals surface area contributed by atoms with Gasteiger partial charge in [-0.15, -0.1) is 0 Å². The lowest BCUT2D eigenvalue weighted by atomic mass is 10.1. The van der Waals surface area contributed by atoms with Gasteiger partial charge in [-0.05, 0) is 66.9 Å². The fourth-order valence-corrected chi connectivity index (χ4v) is 2.24. The van der Waals surface area contributed by atoms with Crippen LogP contribution in [0.3, 0.4) is 0 Å². The molecule has 0 aliphatic carbocycles. The van der Waals surface area contributed by atoms with Gasteiger partial charge in [-0.3, -0.25) is 9.78 Å². The van der Waals surface area contributed by atoms with Crippen molar-refractivity contribution in [3.05, 3.63) is 83.8 Å². The number of hydrogen-bond acceptors (Lipinski definition) is 4. The fourth-order valence-electron chi connectivity index (χ4n) is 2.24. The van der Waals surface area contributed by atoms with Crippen LogP contribution in [0, 0.1) is 13.8 Å². The Morgan fingerprint density at radius 1 is 1.04 bits per heavy atom. The normalized spacial score (nSPS) is 10.7. The van der Waals surface area contributed by atoms with Crippen LogP contribution >= 0.6 is 0 Å². The van der Waals surface area contributed by atoms with E-state index >= 15 is 0 Å². The number of ether oxygens (including phenoxy) is 1. The number of nitrogens with one attached hydrogen (secondary N) is 1. The summed E-state index contributed by atoms with van der Waals surface area (Å²) in [5, 5.41) is 2.76. The lowest BCUT2D eigenvalue weighted by Gasteiger charge is -2.08. The summed E-state index contributed by atoms with van der Waals surface area (Å²) in [5.74, 6) is 0.975. The van der Waals surface area contributed by atoms with Crippen molar-refractivity contribution in [3.8, 4) is 11.6 Å². The molecule has 0 unspecified atom stereocenters. The van der Waals surface area contributed by atoms with E-state index in [-0.39, 0.29) is 5.91 Å². The fraction of sp³-hybridized carbons (Fsp3) is 0.0952. The predicted octanol–water partition coefficient (Wildman–Crippen LogP) is 4.54. The van der Waals surface area contributed by atoms with Crippen molar-refractivity contribution in [3.63, 3.8) is 0 Å². The number of rotatable bonds is 5. The standard InChI is InChI=1S/C21H19N3O2/c1-15-3-6-19(13-16(15)2)26-21-8-5-18(14-23-21)24-20(25)7-4-17-9-11-22-12-10-17/h3-14H,1-2H3,(H,24,25). The molecule has 130 valence electrons. The Bertz CT molecular complexity index is 920. The largest absolute Gasteiger partial charge is 0.439 e. The van der Waals surface area contributed by atoms with E-state index in [1.807, 2.05) is 37.3 Å². The van der Waals surface area contributed by atoms with Crippen molar-refractivity contribution in [2.45, 2.75) is 13.8 Å². The van der Waals surface area contributed by atoms with Gasteiger partial charge in [0.05, 0.1) is 11.9 Å². The first-order valence-corrected chi connectivity index (χ1v) is 8.20. The summed E-state index contributed by atoms with van der Waals surface area (Å²) in [4.78, 5) is 20.1. The highest BCUT2D eigenvalue weighted by atomic mass is 16.5. The highest BCUT2D eigenvalue weighted by Crippen LogP contribution is 2.22. The molecule has 0 radical (unpaired) electrons. The predicted molar refractivity (Wildman–Crippen MR) is 102 cm³/mol. The minimum Gasteiger partial charge on any atom is -0.439 e. The number of aryl methyl sites for hydroxylation is 2. The van der Waals surface area contributed by atoms with Crippen LogP contribution in [-0.2, 0) is 4.79 Å². The summed E-state index contributed by atoms with van der Waals surface area (Å²) in [7, 11) is 0. The van der Waals surface area contributed by atoms with Gasteiger partial charge in [-0.2, -0.15) is 0 Å². The summed E-state index contributed by atoms with van der Waals surface area (Å²) in [5.41, 5.74) is 3.88. The third kappa shape index (κ3) is 4.77. The zero-order valence-electron chi connectivity index (χ0n) is 14.6. The molecule has 0 saturated heterocycles. The van der Waals surface area contributed by atoms with Crippen LogP contribution in [0.2, 0.25) is 0 Å². The number of nitrogens with zero attached hydrogens (tertiary/aromatic N) is 2. The zero-order chi connectivity index (χ0) is 18.4. The molecule has 1 aromatic carbocycles. The summed E-state index contributed by atoms with van der Waals surface area (Å²) in [6.07, 6.45) is 8.11. The van der Waals surface area contributed by atoms with E-state index in [9.17, 15) is 4.79 Å². The second-order valence-corrected chi connectivity index (χ2v) is 5.84. The molecule has 0 fully saturated rings. The Morgan fingerprint density at radius 2 is 1.85 bits per heavy atom. The first-order valence-electron chi connectivity index (χ1n) is 8.20. The van der Waals surface area contributed by atoms with Crippen LogP contribution in [0.1, 0.15) is 16.7 Å². The molecule has 2 aromatic heterocycles. The molecule has 2 heterocycles. The van der Waals surface area contributed by atoms with E-state index in [4.69, 9.17) is 4.74 Å². The highest BCUT2D eigenvalue weighted by Gasteiger charge is 2.03. The van der Waals surface area contributed by atoms with Crippen LogP contribution in [0.25, 0.3) is 6.08 Å². The molecular formula is C21H19N3O2. The van der Waals surface area contributed by atoms with Gasteiger partial charge in [0.2, 0.25) is 11.8 Å². The number of carbonyl (C=O) groups excluding carboxylic acids is 1. The first kappa shape index (κ1) is 17.4. The van der Waals surface area contributed by atoms with E-state index in [0.29, 0.717) is 11.6 Å². The van der Waals surface area contributed by atoms with Gasteiger partial charge in [0.15, 0.2) is 0 Å². The van der Waals surface area contributed by atoms with Crippen LogP contribution in [0.15, 0.2) is 67.1 Å². The zero-order valence-corrected chi connectivity index (χ0v) is 14.6. The minimum absolute atomic E-state index is 0.230. The summed E-state index contributed by atoms with van der Waals surface area (Å²) >= 11 is 0. The van der Waals surface area contributed by atoms with Gasteiger partial charge in [-0.1, -0.05) is 6.07 Å². The van der Waals surface area contributed by atoms with Crippen molar-refractivity contribution in [1.29, 1.82) is 0 Å². The Labute approximate surface area is 152 Å². The Kier molecular flexibility index (Phi) is 5.39. The number of anilines is 1.